The van der Waals surface area contributed by atoms with Crippen LogP contribution in [0.15, 0.2) is 22.7 Å². The van der Waals surface area contributed by atoms with Gasteiger partial charge in [-0.2, -0.15) is 0 Å². The number of anilines is 2. The van der Waals surface area contributed by atoms with E-state index in [0.29, 0.717) is 5.69 Å². The molecule has 0 bridgehead atoms. The predicted octanol–water partition coefficient (Wildman–Crippen LogP) is 2.99. The van der Waals surface area contributed by atoms with E-state index in [2.05, 4.69) is 21.2 Å². The number of rotatable bonds is 3. The second kappa shape index (κ2) is 4.26. The van der Waals surface area contributed by atoms with Gasteiger partial charge in [0.25, 0.3) is 0 Å². The SMILES string of the molecule is CC(C)(O)C(C)(C)Nc1ccc(N)cc1Br. The molecule has 4 heteroatoms. The van der Waals surface area contributed by atoms with Crippen molar-refractivity contribution < 1.29 is 5.11 Å². The molecule has 90 valence electrons. The van der Waals surface area contributed by atoms with Crippen molar-refractivity contribution in [1.82, 2.24) is 0 Å². The van der Waals surface area contributed by atoms with Gasteiger partial charge in [-0.15, -0.1) is 0 Å². The van der Waals surface area contributed by atoms with Gasteiger partial charge >= 0.3 is 0 Å². The van der Waals surface area contributed by atoms with Crippen LogP contribution in [-0.4, -0.2) is 16.2 Å². The first kappa shape index (κ1) is 13.3. The summed E-state index contributed by atoms with van der Waals surface area (Å²) >= 11 is 3.44. The lowest BCUT2D eigenvalue weighted by Crippen LogP contribution is -2.51. The van der Waals surface area contributed by atoms with Gasteiger partial charge in [0, 0.05) is 15.8 Å². The second-order valence-electron chi connectivity index (χ2n) is 5.05. The lowest BCUT2D eigenvalue weighted by atomic mass is 9.86. The first-order valence-electron chi connectivity index (χ1n) is 5.19. The first-order chi connectivity index (χ1) is 7.13. The molecule has 0 aromatic heterocycles. The Bertz CT molecular complexity index is 383. The molecule has 0 aliphatic rings. The van der Waals surface area contributed by atoms with Gasteiger partial charge in [-0.3, -0.25) is 0 Å². The van der Waals surface area contributed by atoms with E-state index in [9.17, 15) is 5.11 Å². The Balaban J connectivity index is 2.97. The molecule has 4 N–H and O–H groups in total. The van der Waals surface area contributed by atoms with Crippen molar-refractivity contribution in [2.45, 2.75) is 38.8 Å². The zero-order chi connectivity index (χ0) is 12.6. The third-order valence-corrected chi connectivity index (χ3v) is 3.63. The van der Waals surface area contributed by atoms with Crippen LogP contribution >= 0.6 is 15.9 Å². The van der Waals surface area contributed by atoms with Gasteiger partial charge in [0.2, 0.25) is 0 Å². The van der Waals surface area contributed by atoms with Crippen molar-refractivity contribution >= 4 is 27.3 Å². The molecule has 0 saturated heterocycles. The van der Waals surface area contributed by atoms with E-state index in [0.717, 1.165) is 10.2 Å². The molecule has 0 radical (unpaired) electrons. The van der Waals surface area contributed by atoms with Crippen molar-refractivity contribution in [3.8, 4) is 0 Å². The Hall–Kier alpha value is -0.740. The average Bonchev–Trinajstić information content (AvgIpc) is 2.08. The fraction of sp³-hybridized carbons (Fsp3) is 0.500. The van der Waals surface area contributed by atoms with Gasteiger partial charge in [-0.1, -0.05) is 0 Å². The summed E-state index contributed by atoms with van der Waals surface area (Å²) in [4.78, 5) is 0. The monoisotopic (exact) mass is 286 g/mol. The summed E-state index contributed by atoms with van der Waals surface area (Å²) in [5.74, 6) is 0. The molecule has 1 rings (SSSR count). The molecule has 0 amide bonds. The molecule has 0 fully saturated rings. The van der Waals surface area contributed by atoms with Gasteiger partial charge in [0.1, 0.15) is 0 Å². The Morgan fingerprint density at radius 1 is 1.25 bits per heavy atom. The van der Waals surface area contributed by atoms with E-state index >= 15 is 0 Å². The maximum atomic E-state index is 10.0. The smallest absolute Gasteiger partial charge is 0.0814 e. The third-order valence-electron chi connectivity index (χ3n) is 2.97. The van der Waals surface area contributed by atoms with Gasteiger partial charge in [0.05, 0.1) is 11.1 Å². The number of hydrogen-bond acceptors (Lipinski definition) is 3. The first-order valence-corrected chi connectivity index (χ1v) is 5.98. The van der Waals surface area contributed by atoms with E-state index in [4.69, 9.17) is 5.73 Å². The lowest BCUT2D eigenvalue weighted by Gasteiger charge is -2.39. The number of nitrogen functional groups attached to an aromatic ring is 1. The largest absolute Gasteiger partial charge is 0.399 e. The summed E-state index contributed by atoms with van der Waals surface area (Å²) < 4.78 is 0.893. The van der Waals surface area contributed by atoms with Crippen LogP contribution in [0, 0.1) is 0 Å². The van der Waals surface area contributed by atoms with Crippen LogP contribution < -0.4 is 11.1 Å². The predicted molar refractivity (Wildman–Crippen MR) is 72.6 cm³/mol. The second-order valence-corrected chi connectivity index (χ2v) is 5.90. The number of nitrogens with one attached hydrogen (secondary N) is 1. The highest BCUT2D eigenvalue weighted by Gasteiger charge is 2.35. The zero-order valence-corrected chi connectivity index (χ0v) is 11.7. The van der Waals surface area contributed by atoms with Crippen LogP contribution in [0.25, 0.3) is 0 Å². The summed E-state index contributed by atoms with van der Waals surface area (Å²) in [5, 5.41) is 13.4. The molecule has 0 aliphatic carbocycles. The molecular weight excluding hydrogens is 268 g/mol. The van der Waals surface area contributed by atoms with Gasteiger partial charge < -0.3 is 16.2 Å². The van der Waals surface area contributed by atoms with Gasteiger partial charge in [-0.25, -0.2) is 0 Å². The Kier molecular flexibility index (Phi) is 3.55. The summed E-state index contributed by atoms with van der Waals surface area (Å²) in [6.45, 7) is 7.47. The number of aliphatic hydroxyl groups is 1. The molecule has 0 unspecified atom stereocenters. The number of hydrogen-bond donors (Lipinski definition) is 3. The molecule has 3 nitrogen and oxygen atoms in total. The molecular formula is C12H19BrN2O. The van der Waals surface area contributed by atoms with E-state index in [1.54, 1.807) is 13.8 Å². The molecule has 0 spiro atoms. The van der Waals surface area contributed by atoms with Crippen molar-refractivity contribution in [2.24, 2.45) is 0 Å². The zero-order valence-electron chi connectivity index (χ0n) is 10.1. The highest BCUT2D eigenvalue weighted by molar-refractivity contribution is 9.10. The Morgan fingerprint density at radius 2 is 1.81 bits per heavy atom. The molecule has 0 atom stereocenters. The Morgan fingerprint density at radius 3 is 2.25 bits per heavy atom. The van der Waals surface area contributed by atoms with E-state index in [-0.39, 0.29) is 0 Å². The molecule has 0 aliphatic heterocycles. The Labute approximate surface area is 105 Å². The van der Waals surface area contributed by atoms with Crippen LogP contribution in [-0.2, 0) is 0 Å². The summed E-state index contributed by atoms with van der Waals surface area (Å²) in [7, 11) is 0. The van der Waals surface area contributed by atoms with E-state index < -0.39 is 11.1 Å². The summed E-state index contributed by atoms with van der Waals surface area (Å²) in [5.41, 5.74) is 6.03. The van der Waals surface area contributed by atoms with E-state index in [1.165, 1.54) is 0 Å². The summed E-state index contributed by atoms with van der Waals surface area (Å²) in [6.07, 6.45) is 0. The maximum absolute atomic E-state index is 10.0. The van der Waals surface area contributed by atoms with Crippen molar-refractivity contribution in [3.05, 3.63) is 22.7 Å². The van der Waals surface area contributed by atoms with Crippen molar-refractivity contribution in [3.63, 3.8) is 0 Å². The maximum Gasteiger partial charge on any atom is 0.0814 e. The van der Waals surface area contributed by atoms with E-state index in [1.807, 2.05) is 32.0 Å². The minimum absolute atomic E-state index is 0.439. The minimum Gasteiger partial charge on any atom is -0.399 e. The quantitative estimate of drug-likeness (QED) is 0.749. The molecule has 1 aromatic rings. The number of halogens is 1. The highest BCUT2D eigenvalue weighted by atomic mass is 79.9. The molecule has 1 aromatic carbocycles. The third kappa shape index (κ3) is 2.89. The normalized spacial score (nSPS) is 12.6. The fourth-order valence-corrected chi connectivity index (χ4v) is 1.62. The van der Waals surface area contributed by atoms with Gasteiger partial charge in [-0.05, 0) is 61.8 Å². The fourth-order valence-electron chi connectivity index (χ4n) is 1.12. The van der Waals surface area contributed by atoms with Crippen LogP contribution in [0.3, 0.4) is 0 Å². The molecule has 0 heterocycles. The van der Waals surface area contributed by atoms with Crippen LogP contribution in [0.1, 0.15) is 27.7 Å². The van der Waals surface area contributed by atoms with Crippen LogP contribution in [0.4, 0.5) is 11.4 Å². The topological polar surface area (TPSA) is 58.3 Å². The van der Waals surface area contributed by atoms with Crippen LogP contribution in [0.5, 0.6) is 0 Å². The van der Waals surface area contributed by atoms with Crippen molar-refractivity contribution in [1.29, 1.82) is 0 Å². The van der Waals surface area contributed by atoms with Crippen molar-refractivity contribution in [2.75, 3.05) is 11.1 Å². The summed E-state index contributed by atoms with van der Waals surface area (Å²) in [6, 6.07) is 5.56. The van der Waals surface area contributed by atoms with Gasteiger partial charge in [0.15, 0.2) is 0 Å². The highest BCUT2D eigenvalue weighted by Crippen LogP contribution is 2.31. The van der Waals surface area contributed by atoms with Crippen LogP contribution in [0.2, 0.25) is 0 Å². The minimum atomic E-state index is -0.826. The molecule has 16 heavy (non-hydrogen) atoms. The lowest BCUT2D eigenvalue weighted by molar-refractivity contribution is 0.0240. The number of benzene rings is 1. The number of nitrogens with two attached hydrogens (primary N) is 1. The standard InChI is InChI=1S/C12H19BrN2O/c1-11(2,12(3,4)16)15-10-6-5-8(14)7-9(10)13/h5-7,15-16H,14H2,1-4H3. The average molecular weight is 287 g/mol. The molecule has 0 saturated carbocycles.